The molecule has 2 aromatic carbocycles. The molecule has 6 fully saturated rings. The van der Waals surface area contributed by atoms with Gasteiger partial charge in [-0.05, 0) is 92.9 Å². The molecule has 1 N–H and O–H groups in total. The van der Waals surface area contributed by atoms with Crippen LogP contribution in [0.2, 0.25) is 0 Å². The second-order valence-electron chi connectivity index (χ2n) is 17.3. The topological polar surface area (TPSA) is 73.0 Å². The zero-order valence-electron chi connectivity index (χ0n) is 33.1. The highest BCUT2D eigenvalue weighted by atomic mass is 19.4. The van der Waals surface area contributed by atoms with E-state index in [4.69, 9.17) is 14.2 Å². The Labute approximate surface area is 331 Å². The van der Waals surface area contributed by atoms with E-state index >= 15 is 0 Å². The summed E-state index contributed by atoms with van der Waals surface area (Å²) in [5.74, 6) is 1.71. The summed E-state index contributed by atoms with van der Waals surface area (Å²) in [6.45, 7) is 17.1. The molecule has 6 heterocycles. The highest BCUT2D eigenvalue weighted by molar-refractivity contribution is 5.68. The number of carbonyl (C=O) groups is 1. The van der Waals surface area contributed by atoms with Crippen LogP contribution in [0.1, 0.15) is 43.0 Å². The summed E-state index contributed by atoms with van der Waals surface area (Å²) in [7, 11) is 0. The van der Waals surface area contributed by atoms with E-state index in [1.54, 1.807) is 23.1 Å². The van der Waals surface area contributed by atoms with Crippen molar-refractivity contribution in [1.29, 1.82) is 0 Å². The van der Waals surface area contributed by atoms with Crippen LogP contribution in [0.15, 0.2) is 36.4 Å². The first kappa shape index (κ1) is 41.8. The fraction of sp³-hybridized carbons (Fsp3) is 0.683. The van der Waals surface area contributed by atoms with E-state index < -0.39 is 29.1 Å². The summed E-state index contributed by atoms with van der Waals surface area (Å²) in [6.07, 6.45) is -9.04. The molecule has 10 nitrogen and oxygen atoms in total. The van der Waals surface area contributed by atoms with Crippen molar-refractivity contribution >= 4 is 17.5 Å². The molecule has 0 saturated carbocycles. The van der Waals surface area contributed by atoms with Gasteiger partial charge in [0.25, 0.3) is 0 Å². The standard InChI is InChI=1S/C23H32F3N3O3.C18H24F3N3O/c1-22(2,3)32-21(30)29-14-17-12-27(13-18(17)15-29)11-16-4-5-19(10-20(16)23(24,25)26)28-6-8-31-9-7-28;19-18(20,21)17-7-16(24-3-5-25-6-4-24)2-1-13(17)10-23-11-14-8-22-9-15(14)12-23/h4-5,10,17-18H,6-9,11-15H2,1-3H3;1-2,7,14-15,22H,3-6,8-12H2. The number of amides is 1. The summed E-state index contributed by atoms with van der Waals surface area (Å²) < 4.78 is 98.5. The molecule has 1 amide bonds. The van der Waals surface area contributed by atoms with Crippen molar-refractivity contribution in [2.24, 2.45) is 23.7 Å². The van der Waals surface area contributed by atoms with Gasteiger partial charge in [0.1, 0.15) is 5.60 Å². The van der Waals surface area contributed by atoms with Crippen LogP contribution in [0.25, 0.3) is 0 Å². The van der Waals surface area contributed by atoms with Crippen LogP contribution in [0.5, 0.6) is 0 Å². The lowest BCUT2D eigenvalue weighted by atomic mass is 10.0. The number of hydrogen-bond acceptors (Lipinski definition) is 9. The van der Waals surface area contributed by atoms with Crippen molar-refractivity contribution < 1.29 is 45.3 Å². The van der Waals surface area contributed by atoms with Crippen molar-refractivity contribution in [3.05, 3.63) is 58.7 Å². The predicted octanol–water partition coefficient (Wildman–Crippen LogP) is 6.03. The number of ether oxygens (including phenoxy) is 3. The lowest BCUT2D eigenvalue weighted by molar-refractivity contribution is -0.139. The number of halogens is 6. The van der Waals surface area contributed by atoms with Gasteiger partial charge in [-0.1, -0.05) is 12.1 Å². The molecule has 0 aromatic heterocycles. The van der Waals surface area contributed by atoms with E-state index in [2.05, 4.69) is 15.1 Å². The first-order valence-electron chi connectivity index (χ1n) is 20.2. The summed E-state index contributed by atoms with van der Waals surface area (Å²) >= 11 is 0. The van der Waals surface area contributed by atoms with Crippen LogP contribution in [0.4, 0.5) is 42.5 Å². The fourth-order valence-electron chi connectivity index (χ4n) is 9.23. The molecular formula is C41H56F6N6O4. The zero-order valence-corrected chi connectivity index (χ0v) is 33.1. The van der Waals surface area contributed by atoms with Crippen LogP contribution in [0.3, 0.4) is 0 Å². The number of benzene rings is 2. The van der Waals surface area contributed by atoms with Gasteiger partial charge in [0.2, 0.25) is 0 Å². The molecule has 4 unspecified atom stereocenters. The summed E-state index contributed by atoms with van der Waals surface area (Å²) in [5.41, 5.74) is 0.330. The number of rotatable bonds is 6. The largest absolute Gasteiger partial charge is 0.444 e. The maximum absolute atomic E-state index is 13.9. The maximum atomic E-state index is 13.9. The Morgan fingerprint density at radius 3 is 1.44 bits per heavy atom. The molecule has 6 aliphatic heterocycles. The van der Waals surface area contributed by atoms with Crippen LogP contribution in [-0.4, -0.2) is 131 Å². The highest BCUT2D eigenvalue weighted by Gasteiger charge is 2.44. The monoisotopic (exact) mass is 810 g/mol. The molecule has 316 valence electrons. The number of morpholine rings is 2. The molecule has 16 heteroatoms. The molecule has 4 atom stereocenters. The molecule has 0 bridgehead atoms. The van der Waals surface area contributed by atoms with E-state index in [1.807, 2.05) is 36.6 Å². The summed E-state index contributed by atoms with van der Waals surface area (Å²) in [4.78, 5) is 22.2. The molecular weight excluding hydrogens is 754 g/mol. The van der Waals surface area contributed by atoms with E-state index in [0.717, 1.165) is 26.2 Å². The van der Waals surface area contributed by atoms with Gasteiger partial charge in [-0.3, -0.25) is 9.80 Å². The van der Waals surface area contributed by atoms with E-state index in [-0.39, 0.29) is 24.5 Å². The van der Waals surface area contributed by atoms with E-state index in [1.165, 1.54) is 12.1 Å². The Balaban J connectivity index is 0.000000179. The Morgan fingerprint density at radius 1 is 0.649 bits per heavy atom. The van der Waals surface area contributed by atoms with Gasteiger partial charge in [-0.2, -0.15) is 26.3 Å². The Bertz CT molecular complexity index is 1670. The van der Waals surface area contributed by atoms with Crippen molar-refractivity contribution in [3.8, 4) is 0 Å². The smallest absolute Gasteiger partial charge is 0.416 e. The molecule has 8 rings (SSSR count). The molecule has 2 aromatic rings. The van der Waals surface area contributed by atoms with Crippen molar-refractivity contribution in [1.82, 2.24) is 20.0 Å². The Kier molecular flexibility index (Phi) is 12.6. The van der Waals surface area contributed by atoms with Gasteiger partial charge in [-0.25, -0.2) is 4.79 Å². The molecule has 0 aliphatic carbocycles. The third kappa shape index (κ3) is 10.5. The average molecular weight is 811 g/mol. The number of nitrogens with zero attached hydrogens (tertiary/aromatic N) is 5. The molecule has 0 radical (unpaired) electrons. The van der Waals surface area contributed by atoms with Gasteiger partial charge in [0, 0.05) is 89.9 Å². The SMILES string of the molecule is CC(C)(C)OC(=O)N1CC2CN(Cc3ccc(N4CCOCC4)cc3C(F)(F)F)CC2C1.FC(F)(F)c1cc(N2CCOCC2)ccc1CN1CC2CNCC2C1. The number of carbonyl (C=O) groups excluding carboxylic acids is 1. The maximum Gasteiger partial charge on any atom is 0.416 e. The van der Waals surface area contributed by atoms with Gasteiger partial charge in [0.05, 0.1) is 37.6 Å². The number of fused-ring (bicyclic) bond motifs is 2. The lowest BCUT2D eigenvalue weighted by Gasteiger charge is -2.30. The summed E-state index contributed by atoms with van der Waals surface area (Å²) in [6, 6.07) is 9.50. The Morgan fingerprint density at radius 2 is 1.05 bits per heavy atom. The van der Waals surface area contributed by atoms with Gasteiger partial charge < -0.3 is 34.2 Å². The van der Waals surface area contributed by atoms with Gasteiger partial charge in [-0.15, -0.1) is 0 Å². The zero-order chi connectivity index (χ0) is 40.5. The minimum Gasteiger partial charge on any atom is -0.444 e. The molecule has 6 saturated heterocycles. The minimum absolute atomic E-state index is 0.262. The summed E-state index contributed by atoms with van der Waals surface area (Å²) in [5, 5.41) is 3.37. The number of nitrogens with one attached hydrogen (secondary N) is 1. The molecule has 6 aliphatic rings. The van der Waals surface area contributed by atoms with Crippen molar-refractivity contribution in [2.45, 2.75) is 51.8 Å². The lowest BCUT2D eigenvalue weighted by Crippen LogP contribution is -2.37. The van der Waals surface area contributed by atoms with Crippen LogP contribution in [0, 0.1) is 23.7 Å². The van der Waals surface area contributed by atoms with E-state index in [9.17, 15) is 31.1 Å². The Hall–Kier alpha value is -3.31. The molecule has 0 spiro atoms. The quantitative estimate of drug-likeness (QED) is 0.353. The minimum atomic E-state index is -4.40. The number of likely N-dealkylation sites (tertiary alicyclic amines) is 3. The number of alkyl halides is 6. The fourth-order valence-corrected chi connectivity index (χ4v) is 9.23. The van der Waals surface area contributed by atoms with Crippen LogP contribution < -0.4 is 15.1 Å². The van der Waals surface area contributed by atoms with Crippen LogP contribution in [-0.2, 0) is 39.7 Å². The second-order valence-corrected chi connectivity index (χ2v) is 17.3. The highest BCUT2D eigenvalue weighted by Crippen LogP contribution is 2.39. The molecule has 57 heavy (non-hydrogen) atoms. The van der Waals surface area contributed by atoms with Gasteiger partial charge in [0.15, 0.2) is 0 Å². The van der Waals surface area contributed by atoms with Crippen molar-refractivity contribution in [3.63, 3.8) is 0 Å². The first-order valence-corrected chi connectivity index (χ1v) is 20.2. The normalized spacial score (nSPS) is 26.0. The van der Waals surface area contributed by atoms with Gasteiger partial charge >= 0.3 is 18.4 Å². The van der Waals surface area contributed by atoms with Crippen LogP contribution >= 0.6 is 0 Å². The van der Waals surface area contributed by atoms with Crippen molar-refractivity contribution in [2.75, 3.05) is 115 Å². The average Bonchev–Trinajstić information content (AvgIpc) is 3.93. The third-order valence-electron chi connectivity index (χ3n) is 12.0. The first-order chi connectivity index (χ1) is 27.0. The number of hydrogen-bond donors (Lipinski definition) is 1. The number of anilines is 2. The van der Waals surface area contributed by atoms with E-state index in [0.29, 0.717) is 120 Å². The predicted molar refractivity (Wildman–Crippen MR) is 204 cm³/mol. The second kappa shape index (κ2) is 17.1. The third-order valence-corrected chi connectivity index (χ3v) is 12.0.